The molecule has 136 valence electrons. The van der Waals surface area contributed by atoms with Crippen LogP contribution in [0, 0.1) is 0 Å². The second-order valence-electron chi connectivity index (χ2n) is 5.95. The largest absolute Gasteiger partial charge is 0.433 e. The zero-order valence-corrected chi connectivity index (χ0v) is 14.1. The Hall–Kier alpha value is -1.97. The summed E-state index contributed by atoms with van der Waals surface area (Å²) < 4.78 is 50.4. The van der Waals surface area contributed by atoms with E-state index in [2.05, 4.69) is 9.97 Å². The first kappa shape index (κ1) is 17.4. The number of ether oxygens (including phenoxy) is 2. The minimum Gasteiger partial charge on any atom is -0.343 e. The smallest absolute Gasteiger partial charge is 0.343 e. The lowest BCUT2D eigenvalue weighted by molar-refractivity contribution is -0.151. The number of nitrogens with zero attached hydrogens (tertiary/aromatic N) is 2. The number of rotatable bonds is 3. The van der Waals surface area contributed by atoms with E-state index in [-0.39, 0.29) is 41.0 Å². The highest BCUT2D eigenvalue weighted by Crippen LogP contribution is 2.37. The first-order valence-electron chi connectivity index (χ1n) is 7.88. The Morgan fingerprint density at radius 2 is 1.92 bits per heavy atom. The Bertz CT molecular complexity index is 832. The molecule has 3 atom stereocenters. The molecule has 2 aliphatic heterocycles. The van der Waals surface area contributed by atoms with Crippen LogP contribution in [0.15, 0.2) is 41.6 Å². The second kappa shape index (κ2) is 6.64. The lowest BCUT2D eigenvalue weighted by Crippen LogP contribution is -2.37. The number of hydrogen-bond donors (Lipinski definition) is 0. The summed E-state index contributed by atoms with van der Waals surface area (Å²) >= 11 is 1.02. The maximum absolute atomic E-state index is 13.3. The highest BCUT2D eigenvalue weighted by atomic mass is 32.2. The van der Waals surface area contributed by atoms with Gasteiger partial charge in [-0.3, -0.25) is 4.79 Å². The number of hydrogen-bond acceptors (Lipinski definition) is 6. The van der Waals surface area contributed by atoms with Gasteiger partial charge in [0.15, 0.2) is 10.9 Å². The number of Topliss-reactive ketones (excluding diaryl/α,β-unsaturated/α-hetero) is 1. The summed E-state index contributed by atoms with van der Waals surface area (Å²) in [6.07, 6.45) is -5.65. The van der Waals surface area contributed by atoms with Gasteiger partial charge in [0, 0.05) is 17.2 Å². The number of carbonyl (C=O) groups is 1. The molecule has 2 aliphatic rings. The molecule has 1 aromatic heterocycles. The number of benzene rings is 1. The van der Waals surface area contributed by atoms with Crippen molar-refractivity contribution in [2.45, 2.75) is 35.4 Å². The van der Waals surface area contributed by atoms with Crippen LogP contribution in [0.1, 0.15) is 12.1 Å². The number of halogens is 3. The fraction of sp³-hybridized carbons (Fsp3) is 0.353. The highest BCUT2D eigenvalue weighted by molar-refractivity contribution is 7.99. The Balaban J connectivity index is 1.68. The number of carbonyl (C=O) groups excluding carboxylic acids is 1. The van der Waals surface area contributed by atoms with E-state index in [0.29, 0.717) is 5.56 Å². The van der Waals surface area contributed by atoms with Gasteiger partial charge in [-0.05, 0) is 6.07 Å². The number of ketones is 1. The van der Waals surface area contributed by atoms with E-state index in [9.17, 15) is 18.0 Å². The van der Waals surface area contributed by atoms with Gasteiger partial charge in [0.2, 0.25) is 6.29 Å². The van der Waals surface area contributed by atoms with Gasteiger partial charge in [0.25, 0.3) is 0 Å². The van der Waals surface area contributed by atoms with E-state index in [1.165, 1.54) is 0 Å². The van der Waals surface area contributed by atoms with Crippen LogP contribution in [0.4, 0.5) is 13.2 Å². The van der Waals surface area contributed by atoms with Crippen molar-refractivity contribution in [3.05, 3.63) is 42.1 Å². The average molecular weight is 382 g/mol. The zero-order chi connectivity index (χ0) is 18.3. The number of fused-ring (bicyclic) bond motifs is 2. The standard InChI is InChI=1S/C17H13F3N2O3S/c18-17(19,20)14-6-10(9-4-2-1-3-5-9)21-16(22-14)26-13-7-11(23)15-24-8-12(13)25-15/h1-6,12-13,15H,7-8H2/t12-,13-,15+/m0/s1. The highest BCUT2D eigenvalue weighted by Gasteiger charge is 2.44. The predicted octanol–water partition coefficient (Wildman–Crippen LogP) is 3.34. The SMILES string of the molecule is O=C1C[C@H](Sc2nc(-c3ccccc3)cc(C(F)(F)F)n2)[C@@H]2CO[C@@H]1O2. The fourth-order valence-electron chi connectivity index (χ4n) is 2.84. The molecule has 0 N–H and O–H groups in total. The molecule has 4 rings (SSSR count). The van der Waals surface area contributed by atoms with Crippen LogP contribution in [-0.4, -0.2) is 40.0 Å². The van der Waals surface area contributed by atoms with Crippen LogP contribution in [0.3, 0.4) is 0 Å². The number of aromatic nitrogens is 2. The molecule has 26 heavy (non-hydrogen) atoms. The van der Waals surface area contributed by atoms with Crippen LogP contribution in [0.25, 0.3) is 11.3 Å². The van der Waals surface area contributed by atoms with Crippen molar-refractivity contribution in [2.75, 3.05) is 6.61 Å². The summed E-state index contributed by atoms with van der Waals surface area (Å²) in [5, 5.41) is -0.418. The van der Waals surface area contributed by atoms with E-state index in [4.69, 9.17) is 9.47 Å². The molecule has 0 spiro atoms. The van der Waals surface area contributed by atoms with E-state index >= 15 is 0 Å². The summed E-state index contributed by atoms with van der Waals surface area (Å²) in [7, 11) is 0. The van der Waals surface area contributed by atoms with Gasteiger partial charge in [-0.25, -0.2) is 9.97 Å². The summed E-state index contributed by atoms with van der Waals surface area (Å²) in [5.74, 6) is -0.216. The Morgan fingerprint density at radius 3 is 2.65 bits per heavy atom. The molecule has 1 aromatic carbocycles. The van der Waals surface area contributed by atoms with Crippen molar-refractivity contribution >= 4 is 17.5 Å². The molecule has 2 fully saturated rings. The van der Waals surface area contributed by atoms with Gasteiger partial charge in [0.05, 0.1) is 18.4 Å². The van der Waals surface area contributed by atoms with Crippen LogP contribution in [-0.2, 0) is 20.4 Å². The van der Waals surface area contributed by atoms with Crippen molar-refractivity contribution in [3.8, 4) is 11.3 Å². The van der Waals surface area contributed by atoms with Crippen molar-refractivity contribution in [1.82, 2.24) is 9.97 Å². The topological polar surface area (TPSA) is 61.3 Å². The van der Waals surface area contributed by atoms with Crippen molar-refractivity contribution in [1.29, 1.82) is 0 Å². The Kier molecular flexibility index (Phi) is 4.45. The van der Waals surface area contributed by atoms with E-state index < -0.39 is 18.2 Å². The molecule has 3 heterocycles. The number of thioether (sulfide) groups is 1. The van der Waals surface area contributed by atoms with E-state index in [0.717, 1.165) is 17.8 Å². The van der Waals surface area contributed by atoms with Gasteiger partial charge < -0.3 is 9.47 Å². The summed E-state index contributed by atoms with van der Waals surface area (Å²) in [5.41, 5.74) is -0.279. The molecule has 2 saturated heterocycles. The van der Waals surface area contributed by atoms with Gasteiger partial charge in [0.1, 0.15) is 5.69 Å². The molecule has 0 unspecified atom stereocenters. The molecule has 0 amide bonds. The Labute approximate surface area is 150 Å². The monoisotopic (exact) mass is 382 g/mol. The van der Waals surface area contributed by atoms with Crippen molar-refractivity contribution in [3.63, 3.8) is 0 Å². The van der Waals surface area contributed by atoms with Gasteiger partial charge in [-0.15, -0.1) is 0 Å². The maximum atomic E-state index is 13.3. The first-order chi connectivity index (χ1) is 12.4. The third kappa shape index (κ3) is 3.46. The third-order valence-corrected chi connectivity index (χ3v) is 5.28. The molecular weight excluding hydrogens is 369 g/mol. The van der Waals surface area contributed by atoms with Crippen molar-refractivity contribution in [2.24, 2.45) is 0 Å². The Morgan fingerprint density at radius 1 is 1.15 bits per heavy atom. The molecule has 0 radical (unpaired) electrons. The van der Waals surface area contributed by atoms with Gasteiger partial charge in [-0.2, -0.15) is 13.2 Å². The second-order valence-corrected chi connectivity index (χ2v) is 7.16. The van der Waals surface area contributed by atoms with Gasteiger partial charge in [-0.1, -0.05) is 42.1 Å². The molecule has 2 bridgehead atoms. The quantitative estimate of drug-likeness (QED) is 0.759. The van der Waals surface area contributed by atoms with E-state index in [1.807, 2.05) is 0 Å². The lowest BCUT2D eigenvalue weighted by atomic mass is 10.1. The molecule has 0 saturated carbocycles. The van der Waals surface area contributed by atoms with Crippen LogP contribution in [0.2, 0.25) is 0 Å². The van der Waals surface area contributed by atoms with Gasteiger partial charge >= 0.3 is 6.18 Å². The van der Waals surface area contributed by atoms with Crippen LogP contribution < -0.4 is 0 Å². The lowest BCUT2D eigenvalue weighted by Gasteiger charge is -2.25. The predicted molar refractivity (Wildman–Crippen MR) is 86.4 cm³/mol. The van der Waals surface area contributed by atoms with Crippen LogP contribution in [0.5, 0.6) is 0 Å². The fourth-order valence-corrected chi connectivity index (χ4v) is 3.96. The first-order valence-corrected chi connectivity index (χ1v) is 8.76. The zero-order valence-electron chi connectivity index (χ0n) is 13.3. The summed E-state index contributed by atoms with van der Waals surface area (Å²) in [6.45, 7) is 0.235. The van der Waals surface area contributed by atoms with Crippen LogP contribution >= 0.6 is 11.8 Å². The molecule has 2 aromatic rings. The molecular formula is C17H13F3N2O3S. The summed E-state index contributed by atoms with van der Waals surface area (Å²) in [6, 6.07) is 9.50. The average Bonchev–Trinajstić information content (AvgIpc) is 3.06. The minimum atomic E-state index is -4.60. The third-order valence-electron chi connectivity index (χ3n) is 4.11. The minimum absolute atomic E-state index is 0.0366. The maximum Gasteiger partial charge on any atom is 0.433 e. The summed E-state index contributed by atoms with van der Waals surface area (Å²) in [4.78, 5) is 19.8. The molecule has 5 nitrogen and oxygen atoms in total. The number of alkyl halides is 3. The van der Waals surface area contributed by atoms with E-state index in [1.54, 1.807) is 30.3 Å². The molecule has 9 heteroatoms. The van der Waals surface area contributed by atoms with Crippen molar-refractivity contribution < 1.29 is 27.4 Å². The normalized spacial score (nSPS) is 25.5. The molecule has 0 aliphatic carbocycles.